The Morgan fingerprint density at radius 1 is 1.03 bits per heavy atom. The molecule has 8 heteroatoms. The predicted molar refractivity (Wildman–Crippen MR) is 103 cm³/mol. The number of nitrogens with one attached hydrogen (secondary N) is 2. The monoisotopic (exact) mass is 418 g/mol. The highest BCUT2D eigenvalue weighted by molar-refractivity contribution is 6.01. The molecule has 2 aliphatic rings. The second-order valence-electron chi connectivity index (χ2n) is 7.86. The van der Waals surface area contributed by atoms with Crippen LogP contribution in [0.3, 0.4) is 0 Å². The minimum Gasteiger partial charge on any atom is -0.457 e. The molecule has 2 amide bonds. The molecule has 0 aliphatic carbocycles. The van der Waals surface area contributed by atoms with E-state index < -0.39 is 36.0 Å². The summed E-state index contributed by atoms with van der Waals surface area (Å²) in [5, 5.41) is 4.79. The molecule has 0 saturated carbocycles. The Labute approximate surface area is 171 Å². The summed E-state index contributed by atoms with van der Waals surface area (Å²) in [6, 6.07) is 8.72. The number of alkyl halides is 3. The molecule has 2 atom stereocenters. The van der Waals surface area contributed by atoms with Gasteiger partial charge in [-0.05, 0) is 49.9 Å². The van der Waals surface area contributed by atoms with Gasteiger partial charge in [0.15, 0.2) is 0 Å². The van der Waals surface area contributed by atoms with Gasteiger partial charge in [-0.3, -0.25) is 9.59 Å². The third kappa shape index (κ3) is 3.74. The molecular formula is C22H21F3N2O3. The van der Waals surface area contributed by atoms with Crippen molar-refractivity contribution in [3.63, 3.8) is 0 Å². The Balaban J connectivity index is 1.60. The van der Waals surface area contributed by atoms with Crippen LogP contribution in [0.5, 0.6) is 11.5 Å². The van der Waals surface area contributed by atoms with Crippen LogP contribution in [0.1, 0.15) is 41.1 Å². The molecule has 1 fully saturated rings. The van der Waals surface area contributed by atoms with Crippen LogP contribution in [0, 0.1) is 19.8 Å². The second-order valence-corrected chi connectivity index (χ2v) is 7.86. The van der Waals surface area contributed by atoms with E-state index in [2.05, 4.69) is 5.32 Å². The number of halogens is 3. The summed E-state index contributed by atoms with van der Waals surface area (Å²) in [6.07, 6.45) is -5.01. The van der Waals surface area contributed by atoms with Gasteiger partial charge in [-0.1, -0.05) is 24.3 Å². The summed E-state index contributed by atoms with van der Waals surface area (Å²) in [5.41, 5.74) is 3.43. The fourth-order valence-corrected chi connectivity index (χ4v) is 3.93. The van der Waals surface area contributed by atoms with E-state index in [1.807, 2.05) is 55.6 Å². The second kappa shape index (κ2) is 7.34. The van der Waals surface area contributed by atoms with Crippen molar-refractivity contribution in [2.45, 2.75) is 44.9 Å². The number of carbonyl (C=O) groups is 2. The average molecular weight is 418 g/mol. The zero-order valence-corrected chi connectivity index (χ0v) is 16.5. The molecule has 30 heavy (non-hydrogen) atoms. The van der Waals surface area contributed by atoms with Crippen molar-refractivity contribution >= 4 is 11.8 Å². The van der Waals surface area contributed by atoms with Crippen molar-refractivity contribution in [2.75, 3.05) is 0 Å². The van der Waals surface area contributed by atoms with Crippen molar-refractivity contribution in [1.29, 1.82) is 0 Å². The van der Waals surface area contributed by atoms with Crippen LogP contribution in [0.25, 0.3) is 0 Å². The lowest BCUT2D eigenvalue weighted by atomic mass is 9.90. The van der Waals surface area contributed by atoms with Gasteiger partial charge in [-0.25, -0.2) is 0 Å². The van der Waals surface area contributed by atoms with Crippen molar-refractivity contribution in [3.8, 4) is 11.5 Å². The number of rotatable bonds is 2. The topological polar surface area (TPSA) is 67.4 Å². The zero-order chi connectivity index (χ0) is 21.6. The summed E-state index contributed by atoms with van der Waals surface area (Å²) >= 11 is 0. The van der Waals surface area contributed by atoms with Crippen LogP contribution in [0.4, 0.5) is 13.2 Å². The number of hydrogen-bond donors (Lipinski definition) is 2. The highest BCUT2D eigenvalue weighted by Crippen LogP contribution is 2.43. The van der Waals surface area contributed by atoms with Gasteiger partial charge in [0.1, 0.15) is 23.5 Å². The highest BCUT2D eigenvalue weighted by Gasteiger charge is 2.46. The number of hydrogen-bond acceptors (Lipinski definition) is 3. The van der Waals surface area contributed by atoms with E-state index in [0.717, 1.165) is 22.3 Å². The molecule has 2 aromatic rings. The summed E-state index contributed by atoms with van der Waals surface area (Å²) in [4.78, 5) is 25.1. The maximum absolute atomic E-state index is 12.9. The van der Waals surface area contributed by atoms with Gasteiger partial charge in [-0.15, -0.1) is 0 Å². The molecule has 2 unspecified atom stereocenters. The van der Waals surface area contributed by atoms with Gasteiger partial charge >= 0.3 is 6.18 Å². The lowest BCUT2D eigenvalue weighted by molar-refractivity contribution is -0.171. The van der Waals surface area contributed by atoms with Crippen molar-refractivity contribution in [1.82, 2.24) is 10.6 Å². The van der Waals surface area contributed by atoms with Gasteiger partial charge < -0.3 is 15.4 Å². The SMILES string of the molecule is Cc1ccc2c(c1)Oc1cc(C)ccc1C2NC(=O)C1CCC(C(F)(F)F)NC1=O. The molecule has 2 N–H and O–H groups in total. The summed E-state index contributed by atoms with van der Waals surface area (Å²) in [6.45, 7) is 3.85. The van der Waals surface area contributed by atoms with Crippen molar-refractivity contribution in [3.05, 3.63) is 58.7 Å². The van der Waals surface area contributed by atoms with Gasteiger partial charge in [0.2, 0.25) is 11.8 Å². The largest absolute Gasteiger partial charge is 0.457 e. The van der Waals surface area contributed by atoms with Crippen LogP contribution in [0.2, 0.25) is 0 Å². The fraction of sp³-hybridized carbons (Fsp3) is 0.364. The number of fused-ring (bicyclic) bond motifs is 2. The molecule has 0 aromatic heterocycles. The van der Waals surface area contributed by atoms with Gasteiger partial charge in [0.25, 0.3) is 0 Å². The van der Waals surface area contributed by atoms with Crippen LogP contribution >= 0.6 is 0 Å². The zero-order valence-electron chi connectivity index (χ0n) is 16.5. The highest BCUT2D eigenvalue weighted by atomic mass is 19.4. The first-order chi connectivity index (χ1) is 14.1. The molecule has 5 nitrogen and oxygen atoms in total. The first-order valence-electron chi connectivity index (χ1n) is 9.70. The standard InChI is InChI=1S/C22H21F3N2O3/c1-11-3-5-13-16(9-11)30-17-10-12(2)4-6-14(17)19(13)27-21(29)15-7-8-18(22(23,24)25)26-20(15)28/h3-6,9-10,15,18-19H,7-8H2,1-2H3,(H,26,28)(H,27,29). The molecule has 1 saturated heterocycles. The van der Waals surface area contributed by atoms with Gasteiger partial charge in [0.05, 0.1) is 6.04 Å². The Morgan fingerprint density at radius 2 is 1.60 bits per heavy atom. The first-order valence-corrected chi connectivity index (χ1v) is 9.70. The predicted octanol–water partition coefficient (Wildman–Crippen LogP) is 4.07. The normalized spacial score (nSPS) is 21.2. The Hall–Kier alpha value is -3.03. The maximum Gasteiger partial charge on any atom is 0.408 e. The van der Waals surface area contributed by atoms with Gasteiger partial charge in [0, 0.05) is 11.1 Å². The molecule has 0 radical (unpaired) electrons. The minimum atomic E-state index is -4.52. The molecule has 4 rings (SSSR count). The third-order valence-corrected chi connectivity index (χ3v) is 5.56. The van der Waals surface area contributed by atoms with E-state index >= 15 is 0 Å². The maximum atomic E-state index is 12.9. The Kier molecular flexibility index (Phi) is 4.95. The number of carbonyl (C=O) groups excluding carboxylic acids is 2. The molecule has 2 aliphatic heterocycles. The van der Waals surface area contributed by atoms with Crippen molar-refractivity contribution in [2.24, 2.45) is 5.92 Å². The van der Waals surface area contributed by atoms with E-state index in [9.17, 15) is 22.8 Å². The first kappa shape index (κ1) is 20.3. The molecule has 0 bridgehead atoms. The Bertz CT molecular complexity index is 968. The van der Waals surface area contributed by atoms with Gasteiger partial charge in [-0.2, -0.15) is 13.2 Å². The Morgan fingerprint density at radius 3 is 2.10 bits per heavy atom. The molecule has 158 valence electrons. The molecule has 2 aromatic carbocycles. The number of benzene rings is 2. The van der Waals surface area contributed by atoms with E-state index in [4.69, 9.17) is 4.74 Å². The summed E-state index contributed by atoms with van der Waals surface area (Å²) in [5.74, 6) is -1.47. The van der Waals surface area contributed by atoms with E-state index in [-0.39, 0.29) is 12.8 Å². The quantitative estimate of drug-likeness (QED) is 0.723. The summed E-state index contributed by atoms with van der Waals surface area (Å²) in [7, 11) is 0. The average Bonchev–Trinajstić information content (AvgIpc) is 2.66. The number of amides is 2. The number of aryl methyl sites for hydroxylation is 2. The molecular weight excluding hydrogens is 397 g/mol. The van der Waals surface area contributed by atoms with Crippen LogP contribution < -0.4 is 15.4 Å². The van der Waals surface area contributed by atoms with Crippen LogP contribution in [-0.2, 0) is 9.59 Å². The van der Waals surface area contributed by atoms with E-state index in [0.29, 0.717) is 11.5 Å². The minimum absolute atomic E-state index is 0.160. The number of ether oxygens (including phenoxy) is 1. The molecule has 0 spiro atoms. The third-order valence-electron chi connectivity index (χ3n) is 5.56. The van der Waals surface area contributed by atoms with E-state index in [1.54, 1.807) is 0 Å². The fourth-order valence-electron chi connectivity index (χ4n) is 3.93. The number of piperidine rings is 1. The lowest BCUT2D eigenvalue weighted by Crippen LogP contribution is -2.54. The molecule has 2 heterocycles. The van der Waals surface area contributed by atoms with E-state index in [1.165, 1.54) is 0 Å². The smallest absolute Gasteiger partial charge is 0.408 e. The van der Waals surface area contributed by atoms with Crippen molar-refractivity contribution < 1.29 is 27.5 Å². The van der Waals surface area contributed by atoms with Crippen LogP contribution in [0.15, 0.2) is 36.4 Å². The van der Waals surface area contributed by atoms with Crippen LogP contribution in [-0.4, -0.2) is 24.0 Å². The lowest BCUT2D eigenvalue weighted by Gasteiger charge is -2.33. The summed E-state index contributed by atoms with van der Waals surface area (Å²) < 4.78 is 44.7.